The Balaban J connectivity index is 2.61. The summed E-state index contributed by atoms with van der Waals surface area (Å²) in [7, 11) is 0. The first kappa shape index (κ1) is 13.9. The lowest BCUT2D eigenvalue weighted by Crippen LogP contribution is -2.24. The van der Waals surface area contributed by atoms with E-state index < -0.39 is 18.5 Å². The summed E-state index contributed by atoms with van der Waals surface area (Å²) in [4.78, 5) is 11.7. The van der Waals surface area contributed by atoms with E-state index in [-0.39, 0.29) is 0 Å². The normalized spacial score (nSPS) is 11.0. The monoisotopic (exact) mass is 327 g/mol. The van der Waals surface area contributed by atoms with Gasteiger partial charge in [0, 0.05) is 16.1 Å². The van der Waals surface area contributed by atoms with Crippen LogP contribution >= 0.6 is 15.9 Å². The van der Waals surface area contributed by atoms with Crippen LogP contribution in [0.3, 0.4) is 0 Å². The molecule has 5 heteroatoms. The lowest BCUT2D eigenvalue weighted by molar-refractivity contribution is 0.126. The molecule has 0 aliphatic heterocycles. The maximum absolute atomic E-state index is 12.6. The van der Waals surface area contributed by atoms with E-state index in [1.807, 2.05) is 25.1 Å². The van der Waals surface area contributed by atoms with Crippen molar-refractivity contribution in [2.45, 2.75) is 19.9 Å². The minimum absolute atomic E-state index is 0.417. The number of hydrogen-bond acceptors (Lipinski definition) is 1. The fourth-order valence-corrected chi connectivity index (χ4v) is 2.47. The largest absolute Gasteiger partial charge is 0.303 e. The molecule has 2 rings (SSSR count). The highest BCUT2D eigenvalue weighted by Crippen LogP contribution is 2.25. The summed E-state index contributed by atoms with van der Waals surface area (Å²) in [5.74, 6) is 0. The van der Waals surface area contributed by atoms with E-state index in [9.17, 15) is 13.6 Å². The van der Waals surface area contributed by atoms with Gasteiger partial charge in [0.15, 0.2) is 0 Å². The summed E-state index contributed by atoms with van der Waals surface area (Å²) in [5.41, 5.74) is 1.79. The van der Waals surface area contributed by atoms with Gasteiger partial charge in [-0.3, -0.25) is 4.79 Å². The Labute approximate surface area is 117 Å². The second-order valence-corrected chi connectivity index (χ2v) is 5.13. The predicted molar refractivity (Wildman–Crippen MR) is 74.6 cm³/mol. The first-order valence-corrected chi connectivity index (χ1v) is 6.53. The zero-order chi connectivity index (χ0) is 14.0. The van der Waals surface area contributed by atoms with Crippen LogP contribution in [0.2, 0.25) is 0 Å². The molecule has 1 heterocycles. The van der Waals surface area contributed by atoms with Crippen molar-refractivity contribution < 1.29 is 8.78 Å². The molecule has 1 aromatic carbocycles. The topological polar surface area (TPSA) is 22.0 Å². The second kappa shape index (κ2) is 5.65. The highest BCUT2D eigenvalue weighted by Gasteiger charge is 2.12. The van der Waals surface area contributed by atoms with Crippen molar-refractivity contribution in [3.05, 3.63) is 56.8 Å². The fraction of sp³-hybridized carbons (Fsp3) is 0.214. The maximum Gasteiger partial charge on any atom is 0.256 e. The minimum Gasteiger partial charge on any atom is -0.303 e. The Morgan fingerprint density at radius 3 is 2.63 bits per heavy atom. The quantitative estimate of drug-likeness (QED) is 0.839. The fourth-order valence-electron chi connectivity index (χ4n) is 2.00. The zero-order valence-corrected chi connectivity index (χ0v) is 11.8. The van der Waals surface area contributed by atoms with Gasteiger partial charge in [0.05, 0.1) is 12.2 Å². The van der Waals surface area contributed by atoms with Gasteiger partial charge in [-0.2, -0.15) is 0 Å². The van der Waals surface area contributed by atoms with E-state index in [4.69, 9.17) is 0 Å². The van der Waals surface area contributed by atoms with Crippen LogP contribution in [0, 0.1) is 6.92 Å². The number of nitrogens with zero attached hydrogens (tertiary/aromatic N) is 1. The number of aryl methyl sites for hydroxylation is 1. The Kier molecular flexibility index (Phi) is 4.14. The van der Waals surface area contributed by atoms with Crippen LogP contribution < -0.4 is 5.56 Å². The molecule has 1 aromatic heterocycles. The van der Waals surface area contributed by atoms with Crippen LogP contribution in [0.4, 0.5) is 8.78 Å². The molecular formula is C14H12BrF2NO. The molecule has 0 radical (unpaired) electrons. The van der Waals surface area contributed by atoms with Crippen molar-refractivity contribution in [3.8, 4) is 11.3 Å². The summed E-state index contributed by atoms with van der Waals surface area (Å²) in [6.07, 6.45) is -2.56. The summed E-state index contributed by atoms with van der Waals surface area (Å²) < 4.78 is 27.2. The van der Waals surface area contributed by atoms with Gasteiger partial charge in [-0.25, -0.2) is 8.78 Å². The summed E-state index contributed by atoms with van der Waals surface area (Å²) >= 11 is 3.35. The van der Waals surface area contributed by atoms with Crippen molar-refractivity contribution in [1.29, 1.82) is 0 Å². The Morgan fingerprint density at radius 2 is 2.00 bits per heavy atom. The molecule has 0 saturated heterocycles. The Hall–Kier alpha value is -1.49. The first-order valence-electron chi connectivity index (χ1n) is 5.73. The number of pyridine rings is 1. The van der Waals surface area contributed by atoms with Crippen LogP contribution in [-0.2, 0) is 6.54 Å². The molecule has 0 aliphatic carbocycles. The van der Waals surface area contributed by atoms with E-state index in [2.05, 4.69) is 15.9 Å². The molecule has 0 saturated carbocycles. The molecule has 0 aliphatic rings. The van der Waals surface area contributed by atoms with Gasteiger partial charge < -0.3 is 4.57 Å². The van der Waals surface area contributed by atoms with Crippen molar-refractivity contribution >= 4 is 15.9 Å². The molecule has 0 fully saturated rings. The molecule has 19 heavy (non-hydrogen) atoms. The van der Waals surface area contributed by atoms with Gasteiger partial charge in [-0.05, 0) is 30.7 Å². The van der Waals surface area contributed by atoms with Gasteiger partial charge in [-0.1, -0.05) is 28.1 Å². The highest BCUT2D eigenvalue weighted by molar-refractivity contribution is 9.10. The lowest BCUT2D eigenvalue weighted by Gasteiger charge is -2.14. The number of hydrogen-bond donors (Lipinski definition) is 0. The number of halogens is 3. The molecule has 100 valence electrons. The lowest BCUT2D eigenvalue weighted by atomic mass is 10.0. The average Bonchev–Trinajstić information content (AvgIpc) is 2.32. The van der Waals surface area contributed by atoms with Crippen molar-refractivity contribution in [3.63, 3.8) is 0 Å². The smallest absolute Gasteiger partial charge is 0.256 e. The van der Waals surface area contributed by atoms with Gasteiger partial charge in [0.25, 0.3) is 12.0 Å². The third-order valence-corrected chi connectivity index (χ3v) is 3.33. The molecular weight excluding hydrogens is 316 g/mol. The predicted octanol–water partition coefficient (Wildman–Crippen LogP) is 3.85. The number of benzene rings is 1. The van der Waals surface area contributed by atoms with Crippen molar-refractivity contribution in [2.75, 3.05) is 0 Å². The van der Waals surface area contributed by atoms with E-state index in [0.717, 1.165) is 20.2 Å². The minimum atomic E-state index is -2.56. The third kappa shape index (κ3) is 3.10. The number of rotatable bonds is 3. The highest BCUT2D eigenvalue weighted by atomic mass is 79.9. The Morgan fingerprint density at radius 1 is 1.26 bits per heavy atom. The van der Waals surface area contributed by atoms with Gasteiger partial charge in [0.1, 0.15) is 0 Å². The zero-order valence-electron chi connectivity index (χ0n) is 10.2. The van der Waals surface area contributed by atoms with Crippen LogP contribution in [0.1, 0.15) is 5.56 Å². The molecule has 0 N–H and O–H groups in total. The summed E-state index contributed by atoms with van der Waals surface area (Å²) in [5, 5.41) is 0. The van der Waals surface area contributed by atoms with Crippen LogP contribution in [0.15, 0.2) is 45.7 Å². The first-order chi connectivity index (χ1) is 8.99. The molecule has 0 amide bonds. The van der Waals surface area contributed by atoms with Crippen molar-refractivity contribution in [2.24, 2.45) is 0 Å². The third-order valence-electron chi connectivity index (χ3n) is 2.83. The van der Waals surface area contributed by atoms with Crippen molar-refractivity contribution in [1.82, 2.24) is 4.57 Å². The molecule has 0 atom stereocenters. The van der Waals surface area contributed by atoms with E-state index in [1.165, 1.54) is 6.07 Å². The molecule has 2 aromatic rings. The van der Waals surface area contributed by atoms with Crippen LogP contribution in [0.25, 0.3) is 11.3 Å². The average molecular weight is 328 g/mol. The second-order valence-electron chi connectivity index (χ2n) is 4.21. The molecule has 2 nitrogen and oxygen atoms in total. The van der Waals surface area contributed by atoms with Gasteiger partial charge in [0.2, 0.25) is 0 Å². The summed E-state index contributed by atoms with van der Waals surface area (Å²) in [6, 6.07) is 10.1. The maximum atomic E-state index is 12.6. The van der Waals surface area contributed by atoms with Gasteiger partial charge in [-0.15, -0.1) is 0 Å². The Bertz CT molecular complexity index is 652. The molecule has 0 spiro atoms. The summed E-state index contributed by atoms with van der Waals surface area (Å²) in [6.45, 7) is 1.29. The van der Waals surface area contributed by atoms with E-state index in [0.29, 0.717) is 5.69 Å². The van der Waals surface area contributed by atoms with E-state index >= 15 is 0 Å². The number of aromatic nitrogens is 1. The standard InChI is InChI=1S/C14H12BrF2NO/c1-9-7-10(15)5-6-11(9)12-3-2-4-14(19)18(12)8-13(16)17/h2-7,13H,8H2,1H3. The van der Waals surface area contributed by atoms with E-state index in [1.54, 1.807) is 12.1 Å². The number of alkyl halides is 2. The van der Waals surface area contributed by atoms with Crippen LogP contribution in [-0.4, -0.2) is 11.0 Å². The van der Waals surface area contributed by atoms with Gasteiger partial charge >= 0.3 is 0 Å². The molecule has 0 bridgehead atoms. The van der Waals surface area contributed by atoms with Crippen LogP contribution in [0.5, 0.6) is 0 Å². The SMILES string of the molecule is Cc1cc(Br)ccc1-c1cccc(=O)n1CC(F)F. The molecule has 0 unspecified atom stereocenters.